The molecular weight excluding hydrogens is 1490 g/mol. The number of likely N-dealkylation sites (tertiary alicyclic amines) is 3. The van der Waals surface area contributed by atoms with Gasteiger partial charge in [-0.2, -0.15) is 0 Å². The molecule has 3 saturated heterocycles. The number of Topliss-reactive ketones (excluding diaryl/α,β-unsaturated/α-hetero) is 6. The van der Waals surface area contributed by atoms with Crippen molar-refractivity contribution in [2.75, 3.05) is 58.4 Å². The molecule has 7 aromatic rings. The van der Waals surface area contributed by atoms with Crippen molar-refractivity contribution in [2.45, 2.75) is 190 Å². The zero-order valence-corrected chi connectivity index (χ0v) is 72.7. The number of halogens is 1. The molecule has 0 N–H and O–H groups in total. The first-order valence-corrected chi connectivity index (χ1v) is 42.3. The number of hydrogen-bond acceptors (Lipinski definition) is 16. The van der Waals surface area contributed by atoms with Gasteiger partial charge in [-0.25, -0.2) is 9.59 Å². The minimum atomic E-state index is -0.932. The van der Waals surface area contributed by atoms with E-state index >= 15 is 0 Å². The average molecular weight is 1610 g/mol. The molecule has 0 radical (unpaired) electrons. The lowest BCUT2D eigenvalue weighted by atomic mass is 9.84. The Labute approximate surface area is 689 Å². The predicted octanol–water partition coefficient (Wildman–Crippen LogP) is 19.9. The molecule has 20 heteroatoms. The van der Waals surface area contributed by atoms with Gasteiger partial charge in [-0.3, -0.25) is 33.6 Å². The Balaban J connectivity index is 0.000000215. The number of para-hydroxylation sites is 1. The van der Waals surface area contributed by atoms with Gasteiger partial charge in [-0.15, -0.1) is 23.5 Å². The second-order valence-electron chi connectivity index (χ2n) is 32.8. The number of hydrogen-bond donors (Lipinski definition) is 0. The number of ketones is 6. The molecular formula is C94H116ClN3O14S2. The van der Waals surface area contributed by atoms with Crippen molar-refractivity contribution in [1.29, 1.82) is 0 Å². The minimum absolute atomic E-state index is 0.0179. The SMILES string of the molecule is CC(=O)C(C)(C)Oc1c(C)cc(CC2CN(C(=O)Oc3ccccc3)CC2C(=O)c2ccc(Cl)cc2)cc1C.CSc1ccc(C(=O)C2CN(C(=O)OCCC(C)C)CC2CCc2cc(C)c(OC(C)(C)C(C)=O)c(C)c2)cc1.CSc1ccc(C(=O)C2CN(C(C)=O)CC2CCc2cc(C)c(OC(C)(C)C(C)=O)c(C)c2)cc1. The van der Waals surface area contributed by atoms with Crippen molar-refractivity contribution in [1.82, 2.24) is 14.7 Å². The summed E-state index contributed by atoms with van der Waals surface area (Å²) in [7, 11) is 0. The van der Waals surface area contributed by atoms with Crippen LogP contribution >= 0.6 is 35.1 Å². The molecule has 114 heavy (non-hydrogen) atoms. The third-order valence-corrected chi connectivity index (χ3v) is 24.1. The number of thioether (sulfide) groups is 2. The summed E-state index contributed by atoms with van der Waals surface area (Å²) in [5.41, 5.74) is 8.39. The van der Waals surface area contributed by atoms with E-state index in [0.29, 0.717) is 84.9 Å². The lowest BCUT2D eigenvalue weighted by Gasteiger charge is -2.26. The van der Waals surface area contributed by atoms with Gasteiger partial charge < -0.3 is 38.4 Å². The van der Waals surface area contributed by atoms with Crippen LogP contribution in [0.1, 0.15) is 183 Å². The third-order valence-electron chi connectivity index (χ3n) is 22.3. The zero-order chi connectivity index (χ0) is 83.8. The van der Waals surface area contributed by atoms with Crippen molar-refractivity contribution in [3.63, 3.8) is 0 Å². The molecule has 3 amide bonds. The molecule has 7 aromatic carbocycles. The van der Waals surface area contributed by atoms with Crippen LogP contribution in [0.4, 0.5) is 9.59 Å². The second-order valence-corrected chi connectivity index (χ2v) is 35.0. The average Bonchev–Trinajstić information content (AvgIpc) is 1.40. The van der Waals surface area contributed by atoms with Crippen LogP contribution in [0.5, 0.6) is 23.0 Å². The summed E-state index contributed by atoms with van der Waals surface area (Å²) in [5, 5.41) is 0.559. The van der Waals surface area contributed by atoms with Crippen LogP contribution in [-0.4, -0.2) is 143 Å². The molecule has 3 aliphatic rings. The largest absolute Gasteiger partial charge is 0.480 e. The maximum Gasteiger partial charge on any atom is 0.415 e. The summed E-state index contributed by atoms with van der Waals surface area (Å²) in [6, 6.07) is 43.7. The molecule has 0 spiro atoms. The number of rotatable bonds is 29. The Bertz CT molecular complexity index is 4530. The molecule has 0 aromatic heterocycles. The lowest BCUT2D eigenvalue weighted by Crippen LogP contribution is -2.36. The number of amides is 3. The smallest absolute Gasteiger partial charge is 0.415 e. The number of ether oxygens (including phenoxy) is 5. The quantitative estimate of drug-likeness (QED) is 0.0315. The number of carbonyl (C=O) groups is 9. The Morgan fingerprint density at radius 1 is 0.439 bits per heavy atom. The number of nitrogens with zero attached hydrogens (tertiary/aromatic N) is 3. The maximum absolute atomic E-state index is 13.7. The maximum atomic E-state index is 13.7. The first-order chi connectivity index (χ1) is 53.7. The highest BCUT2D eigenvalue weighted by Gasteiger charge is 2.44. The fraction of sp³-hybridized carbons (Fsp3) is 0.457. The van der Waals surface area contributed by atoms with Crippen molar-refractivity contribution in [2.24, 2.45) is 41.4 Å². The van der Waals surface area contributed by atoms with E-state index in [4.69, 9.17) is 35.3 Å². The van der Waals surface area contributed by atoms with E-state index < -0.39 is 28.8 Å². The standard InChI is InChI=1S/C33H45NO5S.C32H34ClNO5.C29H37NO4S/c1-21(2)15-16-38-32(37)34-19-27(29(20-34)30(36)26-11-13-28(40-8)14-12-26)10-9-25-17-22(3)31(23(4)18-25)39-33(6,7)24(5)35;1-20-15-23(16-21(2)30(20)39-32(4,5)22(3)35)17-25-18-34(31(37)38-27-9-7-6-8-10-27)19-28(25)29(36)24-11-13-26(33)14-12-24;1-18-14-22(15-19(2)28(18)34-29(5,6)20(3)31)8-9-24-16-30(21(4)32)17-26(24)27(33)23-10-12-25(35-7)13-11-23/h11-14,17-18,21,27,29H,9-10,15-16,19-20H2,1-8H3;6-16,25,28H,17-19H2,1-5H3;10-15,24,26H,8-9,16-17H2,1-7H3. The summed E-state index contributed by atoms with van der Waals surface area (Å²) in [5.74, 6) is 2.33. The van der Waals surface area contributed by atoms with Gasteiger partial charge in [-0.1, -0.05) is 104 Å². The van der Waals surface area contributed by atoms with Crippen molar-refractivity contribution >= 4 is 87.9 Å². The van der Waals surface area contributed by atoms with Crippen LogP contribution in [0.25, 0.3) is 0 Å². The summed E-state index contributed by atoms with van der Waals surface area (Å²) in [6.07, 6.45) is 7.80. The summed E-state index contributed by atoms with van der Waals surface area (Å²) >= 11 is 9.34. The summed E-state index contributed by atoms with van der Waals surface area (Å²) < 4.78 is 29.4. The number of benzene rings is 7. The predicted molar refractivity (Wildman–Crippen MR) is 455 cm³/mol. The van der Waals surface area contributed by atoms with Gasteiger partial charge in [0, 0.05) is 95.4 Å². The van der Waals surface area contributed by atoms with Gasteiger partial charge in [0.2, 0.25) is 5.91 Å². The Kier molecular flexibility index (Phi) is 31.8. The summed E-state index contributed by atoms with van der Waals surface area (Å²) in [6.45, 7) is 36.0. The lowest BCUT2D eigenvalue weighted by molar-refractivity contribution is -0.130. The Morgan fingerprint density at radius 2 is 0.772 bits per heavy atom. The minimum Gasteiger partial charge on any atom is -0.480 e. The molecule has 0 bridgehead atoms. The second kappa shape index (κ2) is 40.0. The highest BCUT2D eigenvalue weighted by atomic mass is 35.5. The van der Waals surface area contributed by atoms with Crippen molar-refractivity contribution < 1.29 is 66.8 Å². The van der Waals surface area contributed by atoms with Crippen LogP contribution in [0.2, 0.25) is 5.02 Å². The molecule has 610 valence electrons. The molecule has 17 nitrogen and oxygen atoms in total. The van der Waals surface area contributed by atoms with Crippen molar-refractivity contribution in [3.8, 4) is 23.0 Å². The summed E-state index contributed by atoms with van der Waals surface area (Å²) in [4.78, 5) is 122. The van der Waals surface area contributed by atoms with Gasteiger partial charge in [0.25, 0.3) is 0 Å². The Hall–Kier alpha value is -9.04. The van der Waals surface area contributed by atoms with E-state index in [9.17, 15) is 43.2 Å². The van der Waals surface area contributed by atoms with E-state index in [0.717, 1.165) is 97.9 Å². The van der Waals surface area contributed by atoms with E-state index in [1.54, 1.807) is 149 Å². The van der Waals surface area contributed by atoms with E-state index in [1.807, 2.05) is 121 Å². The molecule has 6 atom stereocenters. The van der Waals surface area contributed by atoms with Crippen molar-refractivity contribution in [3.05, 3.63) is 211 Å². The first kappa shape index (κ1) is 90.5. The van der Waals surface area contributed by atoms with Crippen LogP contribution in [0.3, 0.4) is 0 Å². The fourth-order valence-corrected chi connectivity index (χ4v) is 15.7. The van der Waals surface area contributed by atoms with Crippen LogP contribution in [0, 0.1) is 83.0 Å². The fourth-order valence-electron chi connectivity index (χ4n) is 14.7. The van der Waals surface area contributed by atoms with E-state index in [1.165, 1.54) is 12.5 Å². The number of aryl methyl sites for hydroxylation is 8. The number of carbonyl (C=O) groups excluding carboxylic acids is 9. The van der Waals surface area contributed by atoms with E-state index in [-0.39, 0.29) is 82.8 Å². The van der Waals surface area contributed by atoms with Gasteiger partial charge in [0.15, 0.2) is 51.5 Å². The van der Waals surface area contributed by atoms with Crippen LogP contribution in [-0.2, 0) is 43.2 Å². The van der Waals surface area contributed by atoms with Gasteiger partial charge >= 0.3 is 12.2 Å². The monoisotopic (exact) mass is 1610 g/mol. The van der Waals surface area contributed by atoms with Crippen LogP contribution < -0.4 is 18.9 Å². The molecule has 0 aliphatic carbocycles. The zero-order valence-electron chi connectivity index (χ0n) is 70.3. The molecule has 3 aliphatic heterocycles. The van der Waals surface area contributed by atoms with Crippen LogP contribution in [0.15, 0.2) is 149 Å². The van der Waals surface area contributed by atoms with E-state index in [2.05, 4.69) is 38.1 Å². The van der Waals surface area contributed by atoms with Gasteiger partial charge in [-0.05, 0) is 289 Å². The first-order valence-electron chi connectivity index (χ1n) is 39.4. The third kappa shape index (κ3) is 24.3. The highest BCUT2D eigenvalue weighted by Crippen LogP contribution is 2.39. The highest BCUT2D eigenvalue weighted by molar-refractivity contribution is 7.98. The molecule has 10 rings (SSSR count). The van der Waals surface area contributed by atoms with Gasteiger partial charge in [0.1, 0.15) is 23.0 Å². The van der Waals surface area contributed by atoms with Gasteiger partial charge in [0.05, 0.1) is 6.61 Å². The topological polar surface area (TPSA) is 209 Å². The molecule has 3 fully saturated rings. The Morgan fingerprint density at radius 3 is 1.13 bits per heavy atom. The molecule has 3 heterocycles. The molecule has 6 unspecified atom stereocenters. The molecule has 0 saturated carbocycles. The normalized spacial score (nSPS) is 17.4.